The van der Waals surface area contributed by atoms with Crippen molar-refractivity contribution in [2.24, 2.45) is 5.92 Å². The summed E-state index contributed by atoms with van der Waals surface area (Å²) in [6.45, 7) is 3.79. The van der Waals surface area contributed by atoms with Gasteiger partial charge in [0.05, 0.1) is 0 Å². The van der Waals surface area contributed by atoms with Crippen LogP contribution in [0.15, 0.2) is 12.2 Å². The van der Waals surface area contributed by atoms with Crippen molar-refractivity contribution in [3.63, 3.8) is 0 Å². The number of hydrogen-bond acceptors (Lipinski definition) is 2. The van der Waals surface area contributed by atoms with Crippen molar-refractivity contribution >= 4 is 6.29 Å². The number of carbonyl (C=O) groups is 1. The van der Waals surface area contributed by atoms with Gasteiger partial charge in [0, 0.05) is 13.0 Å². The normalized spacial score (nSPS) is 23.4. The van der Waals surface area contributed by atoms with E-state index in [-0.39, 0.29) is 0 Å². The van der Waals surface area contributed by atoms with E-state index in [2.05, 4.69) is 6.58 Å². The summed E-state index contributed by atoms with van der Waals surface area (Å²) in [5, 5.41) is 7.00. The zero-order valence-electron chi connectivity index (χ0n) is 6.34. The molecule has 10 heavy (non-hydrogen) atoms. The molecule has 0 radical (unpaired) electrons. The van der Waals surface area contributed by atoms with Gasteiger partial charge < -0.3 is 9.90 Å². The molecule has 1 atom stereocenters. The highest BCUT2D eigenvalue weighted by molar-refractivity contribution is 5.55. The van der Waals surface area contributed by atoms with Gasteiger partial charge >= 0.3 is 0 Å². The molecule has 2 heteroatoms. The molecule has 58 valence electrons. The molecule has 0 aromatic heterocycles. The summed E-state index contributed by atoms with van der Waals surface area (Å²) in [4.78, 5) is 10.1. The monoisotopic (exact) mass is 142 g/mol. The topological polar surface area (TPSA) is 37.3 Å². The summed E-state index contributed by atoms with van der Waals surface area (Å²) < 4.78 is 0. The molecule has 0 heterocycles. The predicted octanol–water partition coefficient (Wildman–Crippen LogP) is 1.15. The molecule has 2 nitrogen and oxygen atoms in total. The van der Waals surface area contributed by atoms with Gasteiger partial charge in [-0.05, 0) is 19.3 Å². The summed E-state index contributed by atoms with van der Waals surface area (Å²) in [7, 11) is 1.00. The Balaban J connectivity index is 0.000000371. The van der Waals surface area contributed by atoms with E-state index >= 15 is 0 Å². The maximum absolute atomic E-state index is 10.1. The van der Waals surface area contributed by atoms with Crippen molar-refractivity contribution in [2.75, 3.05) is 7.11 Å². The first kappa shape index (κ1) is 9.37. The van der Waals surface area contributed by atoms with Crippen LogP contribution in [0.2, 0.25) is 0 Å². The molecule has 0 spiro atoms. The maximum Gasteiger partial charge on any atom is 0.123 e. The van der Waals surface area contributed by atoms with Gasteiger partial charge in [-0.2, -0.15) is 0 Å². The van der Waals surface area contributed by atoms with E-state index in [0.717, 1.165) is 32.7 Å². The van der Waals surface area contributed by atoms with Crippen molar-refractivity contribution in [2.45, 2.75) is 19.3 Å². The summed E-state index contributed by atoms with van der Waals surface area (Å²) in [5.74, 6) is 0.294. The lowest BCUT2D eigenvalue weighted by Crippen LogP contribution is -1.91. The number of aldehydes is 1. The fourth-order valence-electron chi connectivity index (χ4n) is 1.08. The highest BCUT2D eigenvalue weighted by Crippen LogP contribution is 2.26. The zero-order valence-corrected chi connectivity index (χ0v) is 6.34. The number of hydrogen-bond donors (Lipinski definition) is 1. The van der Waals surface area contributed by atoms with Crippen molar-refractivity contribution in [1.29, 1.82) is 0 Å². The van der Waals surface area contributed by atoms with Crippen LogP contribution in [0.1, 0.15) is 19.3 Å². The molecule has 1 unspecified atom stereocenters. The van der Waals surface area contributed by atoms with E-state index in [4.69, 9.17) is 5.11 Å². The third-order valence-corrected chi connectivity index (χ3v) is 1.61. The van der Waals surface area contributed by atoms with Gasteiger partial charge in [0.25, 0.3) is 0 Å². The minimum Gasteiger partial charge on any atom is -0.400 e. The van der Waals surface area contributed by atoms with Crippen LogP contribution in [0.5, 0.6) is 0 Å². The van der Waals surface area contributed by atoms with E-state index in [9.17, 15) is 4.79 Å². The quantitative estimate of drug-likeness (QED) is 0.440. The van der Waals surface area contributed by atoms with Gasteiger partial charge in [-0.25, -0.2) is 0 Å². The highest BCUT2D eigenvalue weighted by Gasteiger charge is 2.15. The van der Waals surface area contributed by atoms with E-state index in [1.54, 1.807) is 0 Å². The molecule has 0 aliphatic heterocycles. The Kier molecular flexibility index (Phi) is 4.85. The first-order valence-corrected chi connectivity index (χ1v) is 3.39. The largest absolute Gasteiger partial charge is 0.400 e. The lowest BCUT2D eigenvalue weighted by molar-refractivity contribution is -0.110. The smallest absolute Gasteiger partial charge is 0.123 e. The first-order chi connectivity index (χ1) is 4.83. The average molecular weight is 142 g/mol. The molecule has 0 amide bonds. The highest BCUT2D eigenvalue weighted by atomic mass is 16.2. The van der Waals surface area contributed by atoms with E-state index in [0.29, 0.717) is 5.92 Å². The molecular weight excluding hydrogens is 128 g/mol. The fourth-order valence-corrected chi connectivity index (χ4v) is 1.08. The minimum absolute atomic E-state index is 0.294. The molecule has 0 bridgehead atoms. The van der Waals surface area contributed by atoms with E-state index in [1.807, 2.05) is 0 Å². The number of rotatable bonds is 1. The van der Waals surface area contributed by atoms with Crippen molar-refractivity contribution in [3.05, 3.63) is 12.2 Å². The van der Waals surface area contributed by atoms with Crippen LogP contribution in [0.25, 0.3) is 0 Å². The third kappa shape index (κ3) is 2.78. The fraction of sp³-hybridized carbons (Fsp3) is 0.625. The first-order valence-electron chi connectivity index (χ1n) is 3.39. The Hall–Kier alpha value is -0.630. The van der Waals surface area contributed by atoms with Crippen LogP contribution in [0.3, 0.4) is 0 Å². The number of carbonyl (C=O) groups excluding carboxylic acids is 1. The maximum atomic E-state index is 10.1. The molecule has 0 aromatic rings. The van der Waals surface area contributed by atoms with Gasteiger partial charge in [0.1, 0.15) is 6.29 Å². The van der Waals surface area contributed by atoms with Crippen LogP contribution >= 0.6 is 0 Å². The van der Waals surface area contributed by atoms with Crippen molar-refractivity contribution < 1.29 is 9.90 Å². The molecule has 1 aliphatic rings. The van der Waals surface area contributed by atoms with E-state index in [1.165, 1.54) is 5.57 Å². The summed E-state index contributed by atoms with van der Waals surface area (Å²) in [6, 6.07) is 0. The van der Waals surface area contributed by atoms with Crippen LogP contribution in [-0.4, -0.2) is 18.5 Å². The Morgan fingerprint density at radius 2 is 2.30 bits per heavy atom. The average Bonchev–Trinajstić information content (AvgIpc) is 2.40. The Bertz CT molecular complexity index is 118. The van der Waals surface area contributed by atoms with Gasteiger partial charge in [-0.1, -0.05) is 12.2 Å². The molecule has 1 N–H and O–H groups in total. The van der Waals surface area contributed by atoms with Crippen LogP contribution < -0.4 is 0 Å². The molecule has 1 saturated carbocycles. The summed E-state index contributed by atoms with van der Waals surface area (Å²) >= 11 is 0. The molecule has 1 fully saturated rings. The summed E-state index contributed by atoms with van der Waals surface area (Å²) in [6.07, 6.45) is 4.06. The lowest BCUT2D eigenvalue weighted by atomic mass is 10.1. The minimum atomic E-state index is 0.294. The number of allylic oxidation sites excluding steroid dienone is 1. The number of aliphatic hydroxyl groups is 1. The van der Waals surface area contributed by atoms with Crippen LogP contribution in [0, 0.1) is 5.92 Å². The van der Waals surface area contributed by atoms with Gasteiger partial charge in [0.2, 0.25) is 0 Å². The Morgan fingerprint density at radius 3 is 2.50 bits per heavy atom. The van der Waals surface area contributed by atoms with Gasteiger partial charge in [0.15, 0.2) is 0 Å². The third-order valence-electron chi connectivity index (χ3n) is 1.61. The second kappa shape index (κ2) is 5.18. The Labute approximate surface area is 61.6 Å². The van der Waals surface area contributed by atoms with E-state index < -0.39 is 0 Å². The standard InChI is InChI=1S/C7H10O.CH4O/c1-6-2-3-7(4-6)5-8;1-2/h5,7H,1-4H2;2H,1H3. The molecule has 1 rings (SSSR count). The SMILES string of the molecule is C=C1CCC(C=O)C1.CO. The lowest BCUT2D eigenvalue weighted by Gasteiger charge is -1.91. The molecular formula is C8H14O2. The van der Waals surface area contributed by atoms with Gasteiger partial charge in [-0.15, -0.1) is 0 Å². The Morgan fingerprint density at radius 1 is 1.70 bits per heavy atom. The van der Waals surface area contributed by atoms with Crippen molar-refractivity contribution in [3.8, 4) is 0 Å². The van der Waals surface area contributed by atoms with Crippen molar-refractivity contribution in [1.82, 2.24) is 0 Å². The zero-order chi connectivity index (χ0) is 7.98. The number of aliphatic hydroxyl groups excluding tert-OH is 1. The van der Waals surface area contributed by atoms with Crippen LogP contribution in [-0.2, 0) is 4.79 Å². The second-order valence-electron chi connectivity index (χ2n) is 2.39. The second-order valence-corrected chi connectivity index (χ2v) is 2.39. The molecule has 0 aromatic carbocycles. The predicted molar refractivity (Wildman–Crippen MR) is 40.7 cm³/mol. The summed E-state index contributed by atoms with van der Waals surface area (Å²) in [5.41, 5.74) is 1.24. The van der Waals surface area contributed by atoms with Crippen LogP contribution in [0.4, 0.5) is 0 Å². The van der Waals surface area contributed by atoms with Gasteiger partial charge in [-0.3, -0.25) is 0 Å². The molecule has 0 saturated heterocycles. The molecule has 1 aliphatic carbocycles.